The summed E-state index contributed by atoms with van der Waals surface area (Å²) in [6.07, 6.45) is -0.166. The lowest BCUT2D eigenvalue weighted by molar-refractivity contribution is 0.0363. The molecule has 0 aromatic heterocycles. The lowest BCUT2D eigenvalue weighted by atomic mass is 9.99. The number of hydrogen-bond acceptors (Lipinski definition) is 5. The van der Waals surface area contributed by atoms with Crippen molar-refractivity contribution in [1.82, 2.24) is 9.80 Å². The molecule has 1 heterocycles. The Morgan fingerprint density at radius 3 is 2.48 bits per heavy atom. The fourth-order valence-electron chi connectivity index (χ4n) is 3.70. The van der Waals surface area contributed by atoms with Gasteiger partial charge in [-0.25, -0.2) is 9.18 Å². The maximum Gasteiger partial charge on any atom is 0.323 e. The summed E-state index contributed by atoms with van der Waals surface area (Å²) in [6, 6.07) is 9.41. The molecule has 8 nitrogen and oxygen atoms in total. The molecule has 2 aromatic carbocycles. The number of carbonyl (C=O) groups is 2. The number of benzene rings is 2. The van der Waals surface area contributed by atoms with Crippen LogP contribution in [0.4, 0.5) is 20.6 Å². The number of aliphatic hydroxyl groups excluding tert-OH is 1. The van der Waals surface area contributed by atoms with Crippen LogP contribution >= 0.6 is 0 Å². The summed E-state index contributed by atoms with van der Waals surface area (Å²) in [7, 11) is 3.92. The van der Waals surface area contributed by atoms with Gasteiger partial charge in [-0.05, 0) is 63.5 Å². The minimum atomic E-state index is -0.527. The first-order chi connectivity index (χ1) is 15.7. The smallest absolute Gasteiger partial charge is 0.323 e. The van der Waals surface area contributed by atoms with Crippen molar-refractivity contribution >= 4 is 23.3 Å². The predicted octanol–water partition coefficient (Wildman–Crippen LogP) is 3.25. The van der Waals surface area contributed by atoms with Crippen LogP contribution in [0.15, 0.2) is 42.5 Å². The number of urea groups is 1. The number of anilines is 2. The molecule has 0 saturated carbocycles. The van der Waals surface area contributed by atoms with E-state index in [-0.39, 0.29) is 30.6 Å². The van der Waals surface area contributed by atoms with Crippen molar-refractivity contribution in [2.45, 2.75) is 26.0 Å². The third-order valence-electron chi connectivity index (χ3n) is 5.57. The summed E-state index contributed by atoms with van der Waals surface area (Å²) < 4.78 is 19.3. The van der Waals surface area contributed by atoms with Crippen LogP contribution in [-0.4, -0.2) is 72.8 Å². The molecular formula is C24H31FN4O4. The summed E-state index contributed by atoms with van der Waals surface area (Å²) >= 11 is 0. The Morgan fingerprint density at radius 1 is 1.21 bits per heavy atom. The topological polar surface area (TPSA) is 94.1 Å². The maximum atomic E-state index is 13.4. The molecular weight excluding hydrogens is 427 g/mol. The first kappa shape index (κ1) is 24.5. The Bertz CT molecular complexity index is 983. The zero-order valence-corrected chi connectivity index (χ0v) is 19.3. The SMILES string of the molecule is C[C@@H]1CN([C@H](C)CO)C(=O)c2cc(NC(=O)Nc3ccc(F)cc3)ccc2O[C@@H]1CN(C)C. The minimum Gasteiger partial charge on any atom is -0.488 e. The van der Waals surface area contributed by atoms with E-state index in [2.05, 4.69) is 10.6 Å². The van der Waals surface area contributed by atoms with Crippen LogP contribution in [0.5, 0.6) is 5.75 Å². The number of halogens is 1. The molecule has 0 spiro atoms. The van der Waals surface area contributed by atoms with E-state index in [1.165, 1.54) is 24.3 Å². The van der Waals surface area contributed by atoms with E-state index < -0.39 is 11.8 Å². The van der Waals surface area contributed by atoms with E-state index in [4.69, 9.17) is 4.74 Å². The molecule has 0 bridgehead atoms. The first-order valence-electron chi connectivity index (χ1n) is 10.9. The van der Waals surface area contributed by atoms with Gasteiger partial charge in [-0.1, -0.05) is 6.92 Å². The Kier molecular flexibility index (Phi) is 7.88. The molecule has 1 aliphatic heterocycles. The average Bonchev–Trinajstić information content (AvgIpc) is 2.77. The number of likely N-dealkylation sites (N-methyl/N-ethyl adjacent to an activating group) is 1. The van der Waals surface area contributed by atoms with E-state index in [9.17, 15) is 19.1 Å². The van der Waals surface area contributed by atoms with Crippen LogP contribution in [0, 0.1) is 11.7 Å². The molecule has 2 aromatic rings. The van der Waals surface area contributed by atoms with Gasteiger partial charge in [0.05, 0.1) is 18.2 Å². The highest BCUT2D eigenvalue weighted by Gasteiger charge is 2.33. The Balaban J connectivity index is 1.87. The third-order valence-corrected chi connectivity index (χ3v) is 5.57. The highest BCUT2D eigenvalue weighted by Crippen LogP contribution is 2.30. The maximum absolute atomic E-state index is 13.4. The molecule has 3 N–H and O–H groups in total. The number of carbonyl (C=O) groups excluding carboxylic acids is 2. The minimum absolute atomic E-state index is 0.0396. The number of rotatable bonds is 6. The third kappa shape index (κ3) is 6.21. The molecule has 0 saturated heterocycles. The van der Waals surface area contributed by atoms with Crippen molar-refractivity contribution in [2.24, 2.45) is 5.92 Å². The van der Waals surface area contributed by atoms with Crippen molar-refractivity contribution in [1.29, 1.82) is 0 Å². The van der Waals surface area contributed by atoms with Gasteiger partial charge in [0.2, 0.25) is 0 Å². The van der Waals surface area contributed by atoms with Crippen LogP contribution in [0.2, 0.25) is 0 Å². The summed E-state index contributed by atoms with van der Waals surface area (Å²) in [4.78, 5) is 29.5. The fourth-order valence-corrected chi connectivity index (χ4v) is 3.70. The molecule has 3 atom stereocenters. The van der Waals surface area contributed by atoms with Crippen LogP contribution in [-0.2, 0) is 0 Å². The summed E-state index contributed by atoms with van der Waals surface area (Å²) in [5, 5.41) is 15.0. The van der Waals surface area contributed by atoms with Crippen LogP contribution < -0.4 is 15.4 Å². The Morgan fingerprint density at radius 2 is 1.85 bits per heavy atom. The number of hydrogen-bond donors (Lipinski definition) is 3. The van der Waals surface area contributed by atoms with Gasteiger partial charge >= 0.3 is 6.03 Å². The lowest BCUT2D eigenvalue weighted by Gasteiger charge is -2.37. The van der Waals surface area contributed by atoms with Crippen molar-refractivity contribution in [2.75, 3.05) is 44.4 Å². The second-order valence-corrected chi connectivity index (χ2v) is 8.68. The van der Waals surface area contributed by atoms with Crippen LogP contribution in [0.25, 0.3) is 0 Å². The summed E-state index contributed by atoms with van der Waals surface area (Å²) in [6.45, 7) is 4.76. The van der Waals surface area contributed by atoms with Gasteiger partial charge in [0.1, 0.15) is 17.7 Å². The number of fused-ring (bicyclic) bond motifs is 1. The molecule has 0 unspecified atom stereocenters. The normalized spacial score (nSPS) is 19.2. The van der Waals surface area contributed by atoms with Crippen molar-refractivity contribution in [3.63, 3.8) is 0 Å². The molecule has 3 rings (SSSR count). The molecule has 33 heavy (non-hydrogen) atoms. The average molecular weight is 459 g/mol. The molecule has 1 aliphatic rings. The van der Waals surface area contributed by atoms with Gasteiger partial charge in [0.15, 0.2) is 0 Å². The van der Waals surface area contributed by atoms with E-state index in [1.807, 2.05) is 25.9 Å². The van der Waals surface area contributed by atoms with Crippen molar-refractivity contribution < 1.29 is 23.8 Å². The molecule has 0 aliphatic carbocycles. The quantitative estimate of drug-likeness (QED) is 0.618. The van der Waals surface area contributed by atoms with E-state index >= 15 is 0 Å². The van der Waals surface area contributed by atoms with Gasteiger partial charge in [0.25, 0.3) is 5.91 Å². The number of ether oxygens (including phenoxy) is 1. The lowest BCUT2D eigenvalue weighted by Crippen LogP contribution is -2.49. The number of nitrogens with one attached hydrogen (secondary N) is 2. The van der Waals surface area contributed by atoms with Gasteiger partial charge in [-0.15, -0.1) is 0 Å². The zero-order chi connectivity index (χ0) is 24.1. The summed E-state index contributed by atoms with van der Waals surface area (Å²) in [5.41, 5.74) is 1.15. The first-order valence-corrected chi connectivity index (χ1v) is 10.9. The van der Waals surface area contributed by atoms with Gasteiger partial charge in [-0.3, -0.25) is 4.79 Å². The van der Waals surface area contributed by atoms with Crippen molar-refractivity contribution in [3.8, 4) is 5.75 Å². The Labute approximate surface area is 193 Å². The zero-order valence-electron chi connectivity index (χ0n) is 19.3. The van der Waals surface area contributed by atoms with Gasteiger partial charge < -0.3 is 30.3 Å². The molecule has 3 amide bonds. The molecule has 178 valence electrons. The largest absolute Gasteiger partial charge is 0.488 e. The number of nitrogens with zero attached hydrogens (tertiary/aromatic N) is 2. The second kappa shape index (κ2) is 10.6. The second-order valence-electron chi connectivity index (χ2n) is 8.68. The number of aliphatic hydroxyl groups is 1. The van der Waals surface area contributed by atoms with E-state index in [1.54, 1.807) is 30.0 Å². The predicted molar refractivity (Wildman–Crippen MR) is 125 cm³/mol. The monoisotopic (exact) mass is 458 g/mol. The highest BCUT2D eigenvalue weighted by molar-refractivity contribution is 6.02. The van der Waals surface area contributed by atoms with Gasteiger partial charge in [0, 0.05) is 30.4 Å². The fraction of sp³-hybridized carbons (Fsp3) is 0.417. The highest BCUT2D eigenvalue weighted by atomic mass is 19.1. The van der Waals surface area contributed by atoms with E-state index in [0.717, 1.165) is 0 Å². The van der Waals surface area contributed by atoms with Crippen LogP contribution in [0.1, 0.15) is 24.2 Å². The molecule has 0 fully saturated rings. The summed E-state index contributed by atoms with van der Waals surface area (Å²) in [5.74, 6) is -0.204. The number of amides is 3. The van der Waals surface area contributed by atoms with Crippen molar-refractivity contribution in [3.05, 3.63) is 53.8 Å². The van der Waals surface area contributed by atoms with Gasteiger partial charge in [-0.2, -0.15) is 0 Å². The molecule has 0 radical (unpaired) electrons. The van der Waals surface area contributed by atoms with Crippen LogP contribution in [0.3, 0.4) is 0 Å². The Hall–Kier alpha value is -3.17. The molecule has 9 heteroatoms. The van der Waals surface area contributed by atoms with E-state index in [0.29, 0.717) is 35.8 Å². The standard InChI is InChI=1S/C24H31FN4O4/c1-15-12-29(16(2)14-30)23(31)20-11-19(9-10-21(20)33-22(15)13-28(3)4)27-24(32)26-18-7-5-17(25)6-8-18/h5-11,15-16,22,30H,12-14H2,1-4H3,(H2,26,27,32)/t15-,16-,22-/m1/s1.